The molecule has 0 amide bonds. The van der Waals surface area contributed by atoms with E-state index in [1.54, 1.807) is 7.11 Å². The third-order valence-electron chi connectivity index (χ3n) is 2.06. The Hall–Kier alpha value is -0.940. The summed E-state index contributed by atoms with van der Waals surface area (Å²) >= 11 is 0. The highest BCUT2D eigenvalue weighted by atomic mass is 16.5. The molecule has 1 rings (SSSR count). The molecule has 1 unspecified atom stereocenters. The summed E-state index contributed by atoms with van der Waals surface area (Å²) in [5.41, 5.74) is 5.91. The van der Waals surface area contributed by atoms with Crippen molar-refractivity contribution in [3.63, 3.8) is 0 Å². The molecule has 86 valence electrons. The van der Waals surface area contributed by atoms with Crippen LogP contribution in [0.25, 0.3) is 0 Å². The lowest BCUT2D eigenvalue weighted by Gasteiger charge is -2.08. The minimum atomic E-state index is -0.159. The van der Waals surface area contributed by atoms with Crippen LogP contribution in [0.1, 0.15) is 38.0 Å². The Morgan fingerprint density at radius 2 is 2.20 bits per heavy atom. The van der Waals surface area contributed by atoms with Crippen LogP contribution in [0.3, 0.4) is 0 Å². The maximum absolute atomic E-state index is 5.91. The Morgan fingerprint density at radius 1 is 1.47 bits per heavy atom. The van der Waals surface area contributed by atoms with Crippen LogP contribution in [0.5, 0.6) is 0 Å². The monoisotopic (exact) mass is 213 g/mol. The van der Waals surface area contributed by atoms with Crippen LogP contribution in [0.2, 0.25) is 0 Å². The van der Waals surface area contributed by atoms with Gasteiger partial charge in [-0.2, -0.15) is 4.98 Å². The van der Waals surface area contributed by atoms with E-state index in [-0.39, 0.29) is 6.04 Å². The van der Waals surface area contributed by atoms with Crippen LogP contribution < -0.4 is 5.73 Å². The highest BCUT2D eigenvalue weighted by molar-refractivity contribution is 4.92. The fourth-order valence-corrected chi connectivity index (χ4v) is 1.32. The second-order valence-electron chi connectivity index (χ2n) is 4.03. The summed E-state index contributed by atoms with van der Waals surface area (Å²) in [6.45, 7) is 4.82. The van der Waals surface area contributed by atoms with Gasteiger partial charge in [0.2, 0.25) is 5.89 Å². The third-order valence-corrected chi connectivity index (χ3v) is 2.06. The molecule has 0 spiro atoms. The molecule has 15 heavy (non-hydrogen) atoms. The van der Waals surface area contributed by atoms with E-state index in [9.17, 15) is 0 Å². The van der Waals surface area contributed by atoms with Crippen LogP contribution in [0.15, 0.2) is 4.52 Å². The predicted octanol–water partition coefficient (Wildman–Crippen LogP) is 1.30. The van der Waals surface area contributed by atoms with Gasteiger partial charge in [0.25, 0.3) is 0 Å². The SMILES string of the molecule is COCCc1noc(C(N)CC(C)C)n1. The van der Waals surface area contributed by atoms with Crippen molar-refractivity contribution in [1.82, 2.24) is 10.1 Å². The fraction of sp³-hybridized carbons (Fsp3) is 0.800. The second-order valence-corrected chi connectivity index (χ2v) is 4.03. The molecule has 0 fully saturated rings. The van der Waals surface area contributed by atoms with E-state index in [2.05, 4.69) is 24.0 Å². The van der Waals surface area contributed by atoms with E-state index in [0.717, 1.165) is 6.42 Å². The predicted molar refractivity (Wildman–Crippen MR) is 56.3 cm³/mol. The van der Waals surface area contributed by atoms with E-state index in [1.165, 1.54) is 0 Å². The van der Waals surface area contributed by atoms with E-state index in [1.807, 2.05) is 0 Å². The number of rotatable bonds is 6. The van der Waals surface area contributed by atoms with Gasteiger partial charge in [0.05, 0.1) is 12.6 Å². The lowest BCUT2D eigenvalue weighted by molar-refractivity contribution is 0.199. The summed E-state index contributed by atoms with van der Waals surface area (Å²) in [7, 11) is 1.64. The van der Waals surface area contributed by atoms with Crippen molar-refractivity contribution in [1.29, 1.82) is 0 Å². The molecular weight excluding hydrogens is 194 g/mol. The summed E-state index contributed by atoms with van der Waals surface area (Å²) in [4.78, 5) is 4.22. The van der Waals surface area contributed by atoms with Gasteiger partial charge >= 0.3 is 0 Å². The highest BCUT2D eigenvalue weighted by Crippen LogP contribution is 2.16. The van der Waals surface area contributed by atoms with Gasteiger partial charge in [-0.25, -0.2) is 0 Å². The standard InChI is InChI=1S/C10H19N3O2/c1-7(2)6-8(11)10-12-9(13-15-10)4-5-14-3/h7-8H,4-6,11H2,1-3H3. The molecule has 0 aliphatic carbocycles. The molecule has 0 aromatic carbocycles. The Bertz CT molecular complexity index is 286. The van der Waals surface area contributed by atoms with Gasteiger partial charge in [-0.05, 0) is 12.3 Å². The van der Waals surface area contributed by atoms with E-state index < -0.39 is 0 Å². The largest absolute Gasteiger partial charge is 0.384 e. The molecule has 1 atom stereocenters. The van der Waals surface area contributed by atoms with Gasteiger partial charge < -0.3 is 15.0 Å². The number of aromatic nitrogens is 2. The fourth-order valence-electron chi connectivity index (χ4n) is 1.32. The molecular formula is C10H19N3O2. The summed E-state index contributed by atoms with van der Waals surface area (Å²) in [5, 5.41) is 3.84. The Morgan fingerprint density at radius 3 is 2.80 bits per heavy atom. The zero-order valence-electron chi connectivity index (χ0n) is 9.56. The number of nitrogens with zero attached hydrogens (tertiary/aromatic N) is 2. The van der Waals surface area contributed by atoms with Crippen molar-refractivity contribution < 1.29 is 9.26 Å². The second kappa shape index (κ2) is 5.82. The molecule has 1 aromatic heterocycles. The summed E-state index contributed by atoms with van der Waals surface area (Å²) < 4.78 is 10.0. The lowest BCUT2D eigenvalue weighted by atomic mass is 10.0. The average molecular weight is 213 g/mol. The number of ether oxygens (including phenoxy) is 1. The summed E-state index contributed by atoms with van der Waals surface area (Å²) in [6.07, 6.45) is 1.51. The Balaban J connectivity index is 2.51. The van der Waals surface area contributed by atoms with Gasteiger partial charge in [-0.3, -0.25) is 0 Å². The molecule has 5 nitrogen and oxygen atoms in total. The van der Waals surface area contributed by atoms with Crippen LogP contribution in [0, 0.1) is 5.92 Å². The number of hydrogen-bond donors (Lipinski definition) is 1. The molecule has 0 radical (unpaired) electrons. The van der Waals surface area contributed by atoms with Crippen molar-refractivity contribution in [3.05, 3.63) is 11.7 Å². The first-order valence-corrected chi connectivity index (χ1v) is 5.20. The molecule has 0 saturated heterocycles. The normalized spacial score (nSPS) is 13.4. The molecule has 1 heterocycles. The molecule has 0 bridgehead atoms. The quantitative estimate of drug-likeness (QED) is 0.771. The first-order valence-electron chi connectivity index (χ1n) is 5.20. The molecule has 2 N–H and O–H groups in total. The van der Waals surface area contributed by atoms with E-state index in [0.29, 0.717) is 30.7 Å². The summed E-state index contributed by atoms with van der Waals surface area (Å²) in [6, 6.07) is -0.159. The van der Waals surface area contributed by atoms with Crippen molar-refractivity contribution in [2.24, 2.45) is 11.7 Å². The molecule has 5 heteroatoms. The molecule has 0 aliphatic rings. The van der Waals surface area contributed by atoms with Crippen molar-refractivity contribution in [2.45, 2.75) is 32.7 Å². The smallest absolute Gasteiger partial charge is 0.243 e. The zero-order valence-corrected chi connectivity index (χ0v) is 9.56. The molecule has 0 saturated carbocycles. The van der Waals surface area contributed by atoms with Crippen molar-refractivity contribution in [2.75, 3.05) is 13.7 Å². The first kappa shape index (κ1) is 12.1. The van der Waals surface area contributed by atoms with Crippen LogP contribution >= 0.6 is 0 Å². The number of methoxy groups -OCH3 is 1. The van der Waals surface area contributed by atoms with Crippen LogP contribution in [0.4, 0.5) is 0 Å². The van der Waals surface area contributed by atoms with E-state index in [4.69, 9.17) is 15.0 Å². The minimum Gasteiger partial charge on any atom is -0.384 e. The number of nitrogens with two attached hydrogens (primary N) is 1. The van der Waals surface area contributed by atoms with Gasteiger partial charge in [0.15, 0.2) is 5.82 Å². The Kier molecular flexibility index (Phi) is 4.71. The van der Waals surface area contributed by atoms with Crippen molar-refractivity contribution in [3.8, 4) is 0 Å². The number of hydrogen-bond acceptors (Lipinski definition) is 5. The maximum Gasteiger partial charge on any atom is 0.243 e. The maximum atomic E-state index is 5.91. The highest BCUT2D eigenvalue weighted by Gasteiger charge is 2.15. The third kappa shape index (κ3) is 3.97. The first-order chi connectivity index (χ1) is 7.13. The minimum absolute atomic E-state index is 0.159. The van der Waals surface area contributed by atoms with Gasteiger partial charge in [-0.15, -0.1) is 0 Å². The van der Waals surface area contributed by atoms with Gasteiger partial charge in [0, 0.05) is 13.5 Å². The van der Waals surface area contributed by atoms with Crippen LogP contribution in [-0.4, -0.2) is 23.9 Å². The van der Waals surface area contributed by atoms with Gasteiger partial charge in [0.1, 0.15) is 0 Å². The summed E-state index contributed by atoms with van der Waals surface area (Å²) in [5.74, 6) is 1.70. The zero-order chi connectivity index (χ0) is 11.3. The van der Waals surface area contributed by atoms with Crippen molar-refractivity contribution >= 4 is 0 Å². The molecule has 1 aromatic rings. The molecule has 0 aliphatic heterocycles. The van der Waals surface area contributed by atoms with Gasteiger partial charge in [-0.1, -0.05) is 19.0 Å². The van der Waals surface area contributed by atoms with E-state index >= 15 is 0 Å². The topological polar surface area (TPSA) is 74.2 Å². The van der Waals surface area contributed by atoms with Crippen LogP contribution in [-0.2, 0) is 11.2 Å². The average Bonchev–Trinajstić information content (AvgIpc) is 2.62. The Labute approximate surface area is 90.0 Å². The lowest BCUT2D eigenvalue weighted by Crippen LogP contribution is -2.13.